The van der Waals surface area contributed by atoms with Gasteiger partial charge in [0.1, 0.15) is 0 Å². The van der Waals surface area contributed by atoms with Crippen molar-refractivity contribution in [3.63, 3.8) is 0 Å². The summed E-state index contributed by atoms with van der Waals surface area (Å²) in [5, 5.41) is 8.59. The van der Waals surface area contributed by atoms with Crippen LogP contribution in [0.15, 0.2) is 48.6 Å². The molecule has 0 aromatic heterocycles. The summed E-state index contributed by atoms with van der Waals surface area (Å²) in [6, 6.07) is 7.83. The topological polar surface area (TPSA) is 67.5 Å². The maximum absolute atomic E-state index is 8.59. The smallest absolute Gasteiger partial charge is 0.150 e. The average Bonchev–Trinajstić information content (AvgIpc) is 2.40. The third-order valence-electron chi connectivity index (χ3n) is 2.23. The second-order valence-electron chi connectivity index (χ2n) is 3.64. The zero-order valence-corrected chi connectivity index (χ0v) is 10.4. The highest BCUT2D eigenvalue weighted by Crippen LogP contribution is 2.17. The molecule has 98 valence electrons. The molecule has 1 aromatic carbocycles. The molecule has 0 aliphatic rings. The molecule has 0 heterocycles. The molecule has 0 aliphatic carbocycles. The molecule has 0 atom stereocenters. The van der Waals surface area contributed by atoms with Crippen molar-refractivity contribution in [1.82, 2.24) is 5.48 Å². The van der Waals surface area contributed by atoms with Gasteiger partial charge in [-0.2, -0.15) is 5.48 Å². The molecule has 0 saturated carbocycles. The quantitative estimate of drug-likeness (QED) is 0.367. The summed E-state index contributed by atoms with van der Waals surface area (Å²) in [6.07, 6.45) is 8.19. The molecule has 1 aromatic rings. The normalized spacial score (nSPS) is 11.4. The fourth-order valence-electron chi connectivity index (χ4n) is 1.37. The van der Waals surface area contributed by atoms with Crippen LogP contribution in [0, 0.1) is 0 Å². The molecular weight excluding hydrogens is 228 g/mol. The Balaban J connectivity index is 2.53. The molecule has 0 radical (unpaired) electrons. The van der Waals surface area contributed by atoms with E-state index in [1.165, 1.54) is 0 Å². The molecule has 0 unspecified atom stereocenters. The van der Waals surface area contributed by atoms with Gasteiger partial charge in [-0.1, -0.05) is 42.5 Å². The Bertz CT molecular complexity index is 389. The summed E-state index contributed by atoms with van der Waals surface area (Å²) < 4.78 is 0. The van der Waals surface area contributed by atoms with Gasteiger partial charge in [-0.05, 0) is 12.5 Å². The maximum atomic E-state index is 8.59. The molecule has 0 aliphatic heterocycles. The number of nitrogens with one attached hydrogen (secondary N) is 1. The highest BCUT2D eigenvalue weighted by atomic mass is 16.6. The van der Waals surface area contributed by atoms with Crippen molar-refractivity contribution in [1.29, 1.82) is 0 Å². The number of hydroxylamine groups is 1. The summed E-state index contributed by atoms with van der Waals surface area (Å²) in [7, 11) is 0. The van der Waals surface area contributed by atoms with Gasteiger partial charge in [-0.3, -0.25) is 0 Å². The lowest BCUT2D eigenvalue weighted by Crippen LogP contribution is -2.26. The largest absolute Gasteiger partial charge is 0.408 e. The molecule has 0 bridgehead atoms. The Labute approximate surface area is 108 Å². The van der Waals surface area contributed by atoms with E-state index in [0.29, 0.717) is 13.1 Å². The molecule has 0 amide bonds. The average molecular weight is 248 g/mol. The maximum Gasteiger partial charge on any atom is 0.150 e. The molecule has 0 saturated heterocycles. The number of aliphatic hydroxyl groups is 1. The number of para-hydroxylation sites is 1. The zero-order valence-electron chi connectivity index (χ0n) is 10.4. The van der Waals surface area contributed by atoms with Crippen LogP contribution >= 0.6 is 0 Å². The van der Waals surface area contributed by atoms with E-state index in [4.69, 9.17) is 15.7 Å². The van der Waals surface area contributed by atoms with Gasteiger partial charge < -0.3 is 15.7 Å². The molecule has 0 fully saturated rings. The molecule has 18 heavy (non-hydrogen) atoms. The number of hydrogen-bond donors (Lipinski definition) is 3. The number of aliphatic hydroxyl groups excluding tert-OH is 1. The minimum absolute atomic E-state index is 0.0625. The fraction of sp³-hybridized carbons (Fsp3) is 0.286. The first-order valence-corrected chi connectivity index (χ1v) is 5.98. The van der Waals surface area contributed by atoms with Gasteiger partial charge in [-0.15, -0.1) is 0 Å². The van der Waals surface area contributed by atoms with Crippen molar-refractivity contribution >= 4 is 0 Å². The Hall–Kier alpha value is -1.62. The third-order valence-corrected chi connectivity index (χ3v) is 2.23. The van der Waals surface area contributed by atoms with Gasteiger partial charge in [0.15, 0.2) is 5.75 Å². The lowest BCUT2D eigenvalue weighted by atomic mass is 10.1. The SMILES string of the molecule is NCCNOc1ccccc1C/C=C\C=C/CO. The lowest BCUT2D eigenvalue weighted by molar-refractivity contribution is 0.197. The van der Waals surface area contributed by atoms with Crippen LogP contribution in [0.3, 0.4) is 0 Å². The van der Waals surface area contributed by atoms with Crippen LogP contribution in [0.5, 0.6) is 5.75 Å². The second-order valence-corrected chi connectivity index (χ2v) is 3.64. The minimum atomic E-state index is 0.0625. The van der Waals surface area contributed by atoms with Crippen LogP contribution in [0.2, 0.25) is 0 Å². The Morgan fingerprint density at radius 3 is 2.78 bits per heavy atom. The first-order chi connectivity index (χ1) is 8.88. The van der Waals surface area contributed by atoms with Crippen LogP contribution in [-0.4, -0.2) is 24.8 Å². The summed E-state index contributed by atoms with van der Waals surface area (Å²) in [4.78, 5) is 5.43. The van der Waals surface area contributed by atoms with E-state index in [1.807, 2.05) is 42.5 Å². The summed E-state index contributed by atoms with van der Waals surface area (Å²) in [5.41, 5.74) is 9.28. The predicted molar refractivity (Wildman–Crippen MR) is 73.2 cm³/mol. The number of benzene rings is 1. The Kier molecular flexibility index (Phi) is 7.55. The van der Waals surface area contributed by atoms with Gasteiger partial charge in [0.2, 0.25) is 0 Å². The van der Waals surface area contributed by atoms with Crippen molar-refractivity contribution in [3.05, 3.63) is 54.1 Å². The van der Waals surface area contributed by atoms with Crippen molar-refractivity contribution in [2.75, 3.05) is 19.7 Å². The summed E-state index contributed by atoms with van der Waals surface area (Å²) in [6.45, 7) is 1.21. The molecule has 1 rings (SSSR count). The van der Waals surface area contributed by atoms with E-state index in [2.05, 4.69) is 5.48 Å². The van der Waals surface area contributed by atoms with E-state index >= 15 is 0 Å². The summed E-state index contributed by atoms with van der Waals surface area (Å²) in [5.74, 6) is 0.807. The first-order valence-electron chi connectivity index (χ1n) is 5.98. The first kappa shape index (κ1) is 14.4. The molecule has 4 N–H and O–H groups in total. The van der Waals surface area contributed by atoms with Crippen LogP contribution in [-0.2, 0) is 6.42 Å². The van der Waals surface area contributed by atoms with E-state index < -0.39 is 0 Å². The van der Waals surface area contributed by atoms with Crippen molar-refractivity contribution < 1.29 is 9.94 Å². The standard InChI is InChI=1S/C14H20N2O2/c15-10-11-16-18-14-9-5-4-8-13(14)7-3-1-2-6-12-17/h1-6,8-9,16-17H,7,10-12,15H2/b3-1-,6-2-. The Morgan fingerprint density at radius 2 is 2.00 bits per heavy atom. The van der Waals surface area contributed by atoms with E-state index in [0.717, 1.165) is 17.7 Å². The number of allylic oxidation sites excluding steroid dienone is 3. The van der Waals surface area contributed by atoms with E-state index in [-0.39, 0.29) is 6.61 Å². The highest BCUT2D eigenvalue weighted by Gasteiger charge is 2.00. The number of nitrogens with two attached hydrogens (primary N) is 1. The minimum Gasteiger partial charge on any atom is -0.408 e. The van der Waals surface area contributed by atoms with Gasteiger partial charge in [-0.25, -0.2) is 0 Å². The van der Waals surface area contributed by atoms with Crippen LogP contribution < -0.4 is 16.1 Å². The summed E-state index contributed by atoms with van der Waals surface area (Å²) >= 11 is 0. The van der Waals surface area contributed by atoms with Crippen molar-refractivity contribution in [2.24, 2.45) is 5.73 Å². The van der Waals surface area contributed by atoms with Gasteiger partial charge >= 0.3 is 0 Å². The monoisotopic (exact) mass is 248 g/mol. The fourth-order valence-corrected chi connectivity index (χ4v) is 1.37. The highest BCUT2D eigenvalue weighted by molar-refractivity contribution is 5.34. The predicted octanol–water partition coefficient (Wildman–Crippen LogP) is 1.18. The molecule has 4 nitrogen and oxygen atoms in total. The van der Waals surface area contributed by atoms with E-state index in [1.54, 1.807) is 6.08 Å². The van der Waals surface area contributed by atoms with Gasteiger partial charge in [0.05, 0.1) is 6.61 Å². The molecule has 0 spiro atoms. The lowest BCUT2D eigenvalue weighted by Gasteiger charge is -2.09. The zero-order chi connectivity index (χ0) is 13.1. The van der Waals surface area contributed by atoms with Gasteiger partial charge in [0.25, 0.3) is 0 Å². The van der Waals surface area contributed by atoms with Gasteiger partial charge in [0, 0.05) is 18.7 Å². The second kappa shape index (κ2) is 9.41. The van der Waals surface area contributed by atoms with Crippen molar-refractivity contribution in [2.45, 2.75) is 6.42 Å². The third kappa shape index (κ3) is 5.63. The van der Waals surface area contributed by atoms with Crippen LogP contribution in [0.1, 0.15) is 5.56 Å². The number of hydrogen-bond acceptors (Lipinski definition) is 4. The van der Waals surface area contributed by atoms with E-state index in [9.17, 15) is 0 Å². The van der Waals surface area contributed by atoms with Crippen LogP contribution in [0.25, 0.3) is 0 Å². The van der Waals surface area contributed by atoms with Crippen LogP contribution in [0.4, 0.5) is 0 Å². The van der Waals surface area contributed by atoms with Crippen molar-refractivity contribution in [3.8, 4) is 5.75 Å². The molecule has 4 heteroatoms. The number of rotatable bonds is 8. The molecular formula is C14H20N2O2. The Morgan fingerprint density at radius 1 is 1.22 bits per heavy atom.